The third-order valence-electron chi connectivity index (χ3n) is 10.3. The zero-order valence-electron chi connectivity index (χ0n) is 32.4. The molecule has 1 aliphatic heterocycles. The van der Waals surface area contributed by atoms with Crippen molar-refractivity contribution in [1.29, 1.82) is 0 Å². The molecule has 6 heteroatoms. The highest BCUT2D eigenvalue weighted by Crippen LogP contribution is 2.15. The number of carbonyl (C=O) groups excluding carboxylic acids is 2. The van der Waals surface area contributed by atoms with Crippen molar-refractivity contribution in [3.63, 3.8) is 0 Å². The molecule has 284 valence electrons. The van der Waals surface area contributed by atoms with Crippen molar-refractivity contribution >= 4 is 11.9 Å². The van der Waals surface area contributed by atoms with Crippen molar-refractivity contribution in [3.05, 3.63) is 0 Å². The van der Waals surface area contributed by atoms with Crippen molar-refractivity contribution in [2.45, 2.75) is 206 Å². The first-order valence-corrected chi connectivity index (χ1v) is 21.4. The van der Waals surface area contributed by atoms with E-state index in [9.17, 15) is 9.59 Å². The highest BCUT2D eigenvalue weighted by molar-refractivity contribution is 5.69. The molecular weight excluding hydrogens is 596 g/mol. The Hall–Kier alpha value is -1.14. The van der Waals surface area contributed by atoms with Gasteiger partial charge in [0.1, 0.15) is 13.2 Å². The molecule has 0 aromatic heterocycles. The normalized spacial score (nSPS) is 14.0. The number of esters is 2. The van der Waals surface area contributed by atoms with Crippen molar-refractivity contribution in [2.24, 2.45) is 0 Å². The maximum absolute atomic E-state index is 12.1. The Balaban J connectivity index is 1.82. The summed E-state index contributed by atoms with van der Waals surface area (Å²) in [5, 5.41) is 0. The van der Waals surface area contributed by atoms with Gasteiger partial charge in [0.05, 0.1) is 0 Å². The van der Waals surface area contributed by atoms with E-state index in [0.29, 0.717) is 26.1 Å². The smallest absolute Gasteiger partial charge is 0.305 e. The summed E-state index contributed by atoms with van der Waals surface area (Å²) in [5.74, 6) is -0.0769. The molecule has 1 saturated heterocycles. The van der Waals surface area contributed by atoms with Crippen LogP contribution in [-0.4, -0.2) is 74.2 Å². The van der Waals surface area contributed by atoms with Gasteiger partial charge >= 0.3 is 11.9 Å². The lowest BCUT2D eigenvalue weighted by molar-refractivity contribution is -0.145. The number of hydrogen-bond acceptors (Lipinski definition) is 6. The summed E-state index contributed by atoms with van der Waals surface area (Å²) >= 11 is 0. The van der Waals surface area contributed by atoms with Crippen LogP contribution in [0, 0.1) is 0 Å². The van der Waals surface area contributed by atoms with Gasteiger partial charge in [-0.15, -0.1) is 0 Å². The van der Waals surface area contributed by atoms with Crippen molar-refractivity contribution < 1.29 is 19.1 Å². The second-order valence-electron chi connectivity index (χ2n) is 14.8. The predicted molar refractivity (Wildman–Crippen MR) is 205 cm³/mol. The third-order valence-corrected chi connectivity index (χ3v) is 10.3. The lowest BCUT2D eigenvalue weighted by atomic mass is 10.0. The zero-order chi connectivity index (χ0) is 34.6. The molecule has 1 aliphatic rings. The molecule has 0 N–H and O–H groups in total. The second kappa shape index (κ2) is 35.7. The van der Waals surface area contributed by atoms with E-state index in [4.69, 9.17) is 9.47 Å². The van der Waals surface area contributed by atoms with Gasteiger partial charge in [0.2, 0.25) is 0 Å². The monoisotopic (exact) mass is 679 g/mol. The quantitative estimate of drug-likeness (QED) is 0.0485. The zero-order valence-corrected chi connectivity index (χ0v) is 32.4. The van der Waals surface area contributed by atoms with Crippen molar-refractivity contribution in [2.75, 3.05) is 52.5 Å². The molecule has 0 spiro atoms. The van der Waals surface area contributed by atoms with E-state index in [-0.39, 0.29) is 11.9 Å². The summed E-state index contributed by atoms with van der Waals surface area (Å²) in [7, 11) is 0. The summed E-state index contributed by atoms with van der Waals surface area (Å²) < 4.78 is 11.0. The Morgan fingerprint density at radius 3 is 0.854 bits per heavy atom. The first-order chi connectivity index (χ1) is 23.7. The molecule has 0 atom stereocenters. The van der Waals surface area contributed by atoms with Crippen LogP contribution in [0.1, 0.15) is 206 Å². The molecule has 0 unspecified atom stereocenters. The molecule has 1 rings (SSSR count). The number of hydrogen-bond donors (Lipinski definition) is 0. The maximum Gasteiger partial charge on any atom is 0.305 e. The lowest BCUT2D eigenvalue weighted by Crippen LogP contribution is -2.48. The Bertz CT molecular complexity index is 637. The minimum Gasteiger partial charge on any atom is -0.464 e. The van der Waals surface area contributed by atoms with E-state index in [0.717, 1.165) is 65.0 Å². The van der Waals surface area contributed by atoms with Crippen LogP contribution in [0.2, 0.25) is 0 Å². The first-order valence-electron chi connectivity index (χ1n) is 21.4. The summed E-state index contributed by atoms with van der Waals surface area (Å²) in [5.41, 5.74) is 0. The standard InChI is InChI=1S/C42H82N2O4/c1-3-5-7-9-11-13-15-17-19-21-23-25-27-29-31-41(45)47-39-37-43-33-35-44(36-34-43)38-40-48-42(46)32-30-28-26-24-22-20-18-16-14-12-10-8-6-4-2/h3-40H2,1-2H3. The number of unbranched alkanes of at least 4 members (excludes halogenated alkanes) is 26. The van der Waals surface area contributed by atoms with Crippen molar-refractivity contribution in [3.8, 4) is 0 Å². The molecular formula is C42H82N2O4. The molecule has 0 amide bonds. The number of piperazine rings is 1. The summed E-state index contributed by atoms with van der Waals surface area (Å²) in [4.78, 5) is 29.0. The number of rotatable bonds is 36. The van der Waals surface area contributed by atoms with Gasteiger partial charge in [-0.2, -0.15) is 0 Å². The lowest BCUT2D eigenvalue weighted by Gasteiger charge is -2.34. The number of ether oxygens (including phenoxy) is 2. The Labute approximate surface area is 299 Å². The molecule has 0 bridgehead atoms. The predicted octanol–water partition coefficient (Wildman–Crippen LogP) is 11.4. The van der Waals surface area contributed by atoms with Gasteiger partial charge in [0, 0.05) is 52.1 Å². The van der Waals surface area contributed by atoms with Gasteiger partial charge in [-0.05, 0) is 12.8 Å². The molecule has 0 aromatic carbocycles. The average Bonchev–Trinajstić information content (AvgIpc) is 3.09. The van der Waals surface area contributed by atoms with Crippen LogP contribution in [0.15, 0.2) is 0 Å². The maximum atomic E-state index is 12.1. The highest BCUT2D eigenvalue weighted by atomic mass is 16.5. The SMILES string of the molecule is CCCCCCCCCCCCCCCCC(=O)OCCN1CCN(CCOC(=O)CCCCCCCCCCCCCCCC)CC1. The largest absolute Gasteiger partial charge is 0.464 e. The van der Waals surface area contributed by atoms with Crippen LogP contribution >= 0.6 is 0 Å². The fourth-order valence-electron chi connectivity index (χ4n) is 6.89. The Kier molecular flexibility index (Phi) is 33.4. The van der Waals surface area contributed by atoms with Gasteiger partial charge in [-0.3, -0.25) is 19.4 Å². The minimum absolute atomic E-state index is 0.0385. The summed E-state index contributed by atoms with van der Waals surface area (Å²) in [6.07, 6.45) is 38.3. The number of nitrogens with zero attached hydrogens (tertiary/aromatic N) is 2. The van der Waals surface area contributed by atoms with E-state index < -0.39 is 0 Å². The van der Waals surface area contributed by atoms with Gasteiger partial charge < -0.3 is 9.47 Å². The molecule has 1 fully saturated rings. The molecule has 48 heavy (non-hydrogen) atoms. The van der Waals surface area contributed by atoms with Gasteiger partial charge in [-0.25, -0.2) is 0 Å². The van der Waals surface area contributed by atoms with E-state index in [1.54, 1.807) is 0 Å². The van der Waals surface area contributed by atoms with Crippen LogP contribution in [0.3, 0.4) is 0 Å². The summed E-state index contributed by atoms with van der Waals surface area (Å²) in [6.45, 7) is 11.1. The van der Waals surface area contributed by atoms with Gasteiger partial charge in [0.25, 0.3) is 0 Å². The van der Waals surface area contributed by atoms with Crippen LogP contribution in [-0.2, 0) is 19.1 Å². The van der Waals surface area contributed by atoms with Crippen LogP contribution in [0.5, 0.6) is 0 Å². The fraction of sp³-hybridized carbons (Fsp3) is 0.952. The fourth-order valence-corrected chi connectivity index (χ4v) is 6.89. The third kappa shape index (κ3) is 30.9. The first kappa shape index (κ1) is 44.9. The average molecular weight is 679 g/mol. The summed E-state index contributed by atoms with van der Waals surface area (Å²) in [6, 6.07) is 0. The number of carbonyl (C=O) groups is 2. The van der Waals surface area contributed by atoms with E-state index in [2.05, 4.69) is 23.6 Å². The van der Waals surface area contributed by atoms with E-state index in [1.165, 1.54) is 154 Å². The van der Waals surface area contributed by atoms with Crippen LogP contribution in [0.4, 0.5) is 0 Å². The molecule has 0 saturated carbocycles. The van der Waals surface area contributed by atoms with E-state index >= 15 is 0 Å². The van der Waals surface area contributed by atoms with Crippen LogP contribution in [0.25, 0.3) is 0 Å². The Morgan fingerprint density at radius 2 is 0.604 bits per heavy atom. The molecule has 0 radical (unpaired) electrons. The van der Waals surface area contributed by atoms with E-state index in [1.807, 2.05) is 0 Å². The van der Waals surface area contributed by atoms with Gasteiger partial charge in [-0.1, -0.05) is 181 Å². The molecule has 0 aromatic rings. The Morgan fingerprint density at radius 1 is 0.375 bits per heavy atom. The van der Waals surface area contributed by atoms with Crippen molar-refractivity contribution in [1.82, 2.24) is 9.80 Å². The second-order valence-corrected chi connectivity index (χ2v) is 14.8. The molecule has 6 nitrogen and oxygen atoms in total. The molecule has 0 aliphatic carbocycles. The van der Waals surface area contributed by atoms with Crippen LogP contribution < -0.4 is 0 Å². The molecule has 1 heterocycles. The topological polar surface area (TPSA) is 59.1 Å². The van der Waals surface area contributed by atoms with Gasteiger partial charge in [0.15, 0.2) is 0 Å². The minimum atomic E-state index is -0.0385. The highest BCUT2D eigenvalue weighted by Gasteiger charge is 2.17.